The van der Waals surface area contributed by atoms with Gasteiger partial charge in [-0.05, 0) is 56.5 Å². The van der Waals surface area contributed by atoms with Gasteiger partial charge in [0.1, 0.15) is 0 Å². The topological polar surface area (TPSA) is 49.3 Å². The molecule has 110 valence electrons. The molecule has 0 aliphatic rings. The number of carboxylic acids is 1. The minimum absolute atomic E-state index is 0.793. The molecule has 0 fully saturated rings. The maximum atomic E-state index is 12.0. The second-order valence-electron chi connectivity index (χ2n) is 5.69. The van der Waals surface area contributed by atoms with E-state index in [0.29, 0.717) is 0 Å². The van der Waals surface area contributed by atoms with Gasteiger partial charge in [-0.3, -0.25) is 0 Å². The molecule has 0 aliphatic carbocycles. The summed E-state index contributed by atoms with van der Waals surface area (Å²) >= 11 is 0. The molecule has 0 aromatic heterocycles. The van der Waals surface area contributed by atoms with E-state index in [-0.39, 0.29) is 0 Å². The molecule has 2 aromatic carbocycles. The zero-order chi connectivity index (χ0) is 15.6. The van der Waals surface area contributed by atoms with Crippen LogP contribution in [0.5, 0.6) is 0 Å². The fraction of sp³-hybridized carbons (Fsp3) is 0.278. The van der Waals surface area contributed by atoms with Crippen molar-refractivity contribution >= 4 is 11.7 Å². The highest BCUT2D eigenvalue weighted by molar-refractivity contribution is 5.85. The van der Waals surface area contributed by atoms with E-state index < -0.39 is 11.5 Å². The maximum Gasteiger partial charge on any atom is 0.333 e. The molecular weight excluding hydrogens is 262 g/mol. The van der Waals surface area contributed by atoms with Gasteiger partial charge < -0.3 is 10.4 Å². The maximum absolute atomic E-state index is 12.0. The molecule has 2 aromatic rings. The molecule has 2 rings (SSSR count). The first kappa shape index (κ1) is 15.1. The molecule has 0 saturated carbocycles. The number of aryl methyl sites for hydroxylation is 3. The third-order valence-electron chi connectivity index (χ3n) is 3.77. The molecule has 2 N–H and O–H groups in total. The Labute approximate surface area is 125 Å². The monoisotopic (exact) mass is 283 g/mol. The molecule has 0 heterocycles. The van der Waals surface area contributed by atoms with E-state index >= 15 is 0 Å². The van der Waals surface area contributed by atoms with Crippen LogP contribution in [0.3, 0.4) is 0 Å². The van der Waals surface area contributed by atoms with Crippen molar-refractivity contribution in [3.63, 3.8) is 0 Å². The molecular formula is C18H21NO2. The average Bonchev–Trinajstić information content (AvgIpc) is 2.38. The number of para-hydroxylation sites is 1. The Balaban J connectivity index is 2.56. The van der Waals surface area contributed by atoms with E-state index in [9.17, 15) is 9.90 Å². The van der Waals surface area contributed by atoms with E-state index in [1.807, 2.05) is 63.2 Å². The Morgan fingerprint density at radius 3 is 2.05 bits per heavy atom. The first-order chi connectivity index (χ1) is 9.84. The Bertz CT molecular complexity index is 641. The Morgan fingerprint density at radius 2 is 1.57 bits per heavy atom. The Morgan fingerprint density at radius 1 is 1.05 bits per heavy atom. The number of carbonyl (C=O) groups is 1. The van der Waals surface area contributed by atoms with Gasteiger partial charge in [0.2, 0.25) is 0 Å². The van der Waals surface area contributed by atoms with Crippen LogP contribution in [0.4, 0.5) is 5.69 Å². The molecule has 0 amide bonds. The number of rotatable bonds is 4. The zero-order valence-electron chi connectivity index (χ0n) is 12.9. The normalized spacial score (nSPS) is 13.5. The molecule has 21 heavy (non-hydrogen) atoms. The van der Waals surface area contributed by atoms with Crippen LogP contribution in [0.2, 0.25) is 0 Å². The van der Waals surface area contributed by atoms with E-state index in [4.69, 9.17) is 0 Å². The zero-order valence-corrected chi connectivity index (χ0v) is 12.9. The van der Waals surface area contributed by atoms with Crippen molar-refractivity contribution in [2.45, 2.75) is 33.2 Å². The van der Waals surface area contributed by atoms with Gasteiger partial charge in [-0.15, -0.1) is 0 Å². The van der Waals surface area contributed by atoms with Crippen LogP contribution in [-0.4, -0.2) is 11.1 Å². The first-order valence-electron chi connectivity index (χ1n) is 6.99. The number of anilines is 1. The largest absolute Gasteiger partial charge is 0.479 e. The summed E-state index contributed by atoms with van der Waals surface area (Å²) in [7, 11) is 0. The van der Waals surface area contributed by atoms with Crippen LogP contribution in [0, 0.1) is 20.8 Å². The molecule has 0 radical (unpaired) electrons. The lowest BCUT2D eigenvalue weighted by Gasteiger charge is -2.31. The first-order valence-corrected chi connectivity index (χ1v) is 6.99. The third kappa shape index (κ3) is 2.92. The highest BCUT2D eigenvalue weighted by Crippen LogP contribution is 2.32. The van der Waals surface area contributed by atoms with Gasteiger partial charge in [-0.25, -0.2) is 4.79 Å². The number of hydrogen-bond donors (Lipinski definition) is 2. The molecule has 1 atom stereocenters. The second kappa shape index (κ2) is 5.60. The van der Waals surface area contributed by atoms with Crippen molar-refractivity contribution < 1.29 is 9.90 Å². The number of aliphatic carboxylic acids is 1. The summed E-state index contributed by atoms with van der Waals surface area (Å²) in [5.74, 6) is -0.888. The fourth-order valence-corrected chi connectivity index (χ4v) is 3.00. The summed E-state index contributed by atoms with van der Waals surface area (Å²) in [4.78, 5) is 12.0. The molecule has 3 heteroatoms. The molecule has 0 aliphatic heterocycles. The van der Waals surface area contributed by atoms with Crippen molar-refractivity contribution in [3.05, 3.63) is 64.7 Å². The minimum atomic E-state index is -1.16. The van der Waals surface area contributed by atoms with Crippen molar-refractivity contribution in [1.82, 2.24) is 0 Å². The Hall–Kier alpha value is -2.29. The predicted octanol–water partition coefficient (Wildman–Crippen LogP) is 4.02. The molecule has 0 spiro atoms. The van der Waals surface area contributed by atoms with Gasteiger partial charge in [0, 0.05) is 5.69 Å². The predicted molar refractivity (Wildman–Crippen MR) is 85.7 cm³/mol. The molecule has 3 nitrogen and oxygen atoms in total. The van der Waals surface area contributed by atoms with Gasteiger partial charge in [0.15, 0.2) is 5.54 Å². The third-order valence-corrected chi connectivity index (χ3v) is 3.77. The van der Waals surface area contributed by atoms with Gasteiger partial charge in [-0.2, -0.15) is 0 Å². The number of benzene rings is 2. The highest BCUT2D eigenvalue weighted by Gasteiger charge is 2.37. The van der Waals surface area contributed by atoms with Crippen LogP contribution in [0.25, 0.3) is 0 Å². The molecule has 0 saturated heterocycles. The van der Waals surface area contributed by atoms with Crippen molar-refractivity contribution in [1.29, 1.82) is 0 Å². The van der Waals surface area contributed by atoms with Gasteiger partial charge in [0.25, 0.3) is 0 Å². The van der Waals surface area contributed by atoms with Crippen LogP contribution in [-0.2, 0) is 10.3 Å². The average molecular weight is 283 g/mol. The van der Waals surface area contributed by atoms with E-state index in [1.165, 1.54) is 0 Å². The van der Waals surface area contributed by atoms with E-state index in [2.05, 4.69) is 5.32 Å². The lowest BCUT2D eigenvalue weighted by molar-refractivity contribution is -0.142. The van der Waals surface area contributed by atoms with Crippen LogP contribution >= 0.6 is 0 Å². The van der Waals surface area contributed by atoms with Crippen molar-refractivity contribution in [2.75, 3.05) is 5.32 Å². The second-order valence-corrected chi connectivity index (χ2v) is 5.69. The number of carboxylic acid groups (broad SMARTS) is 1. The molecule has 1 unspecified atom stereocenters. The van der Waals surface area contributed by atoms with E-state index in [0.717, 1.165) is 27.9 Å². The quantitative estimate of drug-likeness (QED) is 0.891. The lowest BCUT2D eigenvalue weighted by Crippen LogP contribution is -2.41. The number of hydrogen-bond acceptors (Lipinski definition) is 2. The van der Waals surface area contributed by atoms with Gasteiger partial charge >= 0.3 is 5.97 Å². The summed E-state index contributed by atoms with van der Waals surface area (Å²) in [5.41, 5.74) is 3.57. The van der Waals surface area contributed by atoms with Crippen molar-refractivity contribution in [2.24, 2.45) is 0 Å². The molecule has 0 bridgehead atoms. The summed E-state index contributed by atoms with van der Waals surface area (Å²) < 4.78 is 0. The minimum Gasteiger partial charge on any atom is -0.479 e. The summed E-state index contributed by atoms with van der Waals surface area (Å²) in [6.45, 7) is 7.66. The van der Waals surface area contributed by atoms with Crippen LogP contribution < -0.4 is 5.32 Å². The SMILES string of the molecule is Cc1cc(C)c(C(C)(Nc2ccccc2)C(=O)O)c(C)c1. The standard InChI is InChI=1S/C18H21NO2/c1-12-10-13(2)16(14(3)11-12)18(4,17(20)21)19-15-8-6-5-7-9-15/h5-11,19H,1-4H3,(H,20,21). The summed E-state index contributed by atoms with van der Waals surface area (Å²) in [6, 6.07) is 13.5. The fourth-order valence-electron chi connectivity index (χ4n) is 3.00. The summed E-state index contributed by atoms with van der Waals surface area (Å²) in [6.07, 6.45) is 0. The van der Waals surface area contributed by atoms with Crippen LogP contribution in [0.1, 0.15) is 29.2 Å². The van der Waals surface area contributed by atoms with Gasteiger partial charge in [-0.1, -0.05) is 35.9 Å². The van der Waals surface area contributed by atoms with E-state index in [1.54, 1.807) is 6.92 Å². The highest BCUT2D eigenvalue weighted by atomic mass is 16.4. The smallest absolute Gasteiger partial charge is 0.333 e. The lowest BCUT2D eigenvalue weighted by atomic mass is 9.84. The van der Waals surface area contributed by atoms with Gasteiger partial charge in [0.05, 0.1) is 0 Å². The Kier molecular flexibility index (Phi) is 4.03. The van der Waals surface area contributed by atoms with Crippen molar-refractivity contribution in [3.8, 4) is 0 Å². The van der Waals surface area contributed by atoms with Crippen LogP contribution in [0.15, 0.2) is 42.5 Å². The number of nitrogens with one attached hydrogen (secondary N) is 1. The summed E-state index contributed by atoms with van der Waals surface area (Å²) in [5, 5.41) is 13.0.